The zero-order chi connectivity index (χ0) is 19.1. The molecule has 0 aromatic heterocycles. The molecule has 6 heteroatoms. The molecular formula is C22H31IN4O. The van der Waals surface area contributed by atoms with Gasteiger partial charge in [0.15, 0.2) is 5.96 Å². The summed E-state index contributed by atoms with van der Waals surface area (Å²) in [6, 6.07) is 16.4. The van der Waals surface area contributed by atoms with Gasteiger partial charge >= 0.3 is 0 Å². The normalized spacial score (nSPS) is 17.0. The van der Waals surface area contributed by atoms with Crippen LogP contribution in [0.5, 0.6) is 5.75 Å². The highest BCUT2D eigenvalue weighted by Crippen LogP contribution is 2.20. The molecule has 152 valence electrons. The summed E-state index contributed by atoms with van der Waals surface area (Å²) >= 11 is 0. The Bertz CT molecular complexity index is 746. The molecule has 1 aliphatic heterocycles. The van der Waals surface area contributed by atoms with Crippen LogP contribution in [0.2, 0.25) is 0 Å². The van der Waals surface area contributed by atoms with Crippen molar-refractivity contribution >= 4 is 35.6 Å². The van der Waals surface area contributed by atoms with E-state index in [1.165, 1.54) is 17.7 Å². The number of guanidine groups is 1. The van der Waals surface area contributed by atoms with E-state index < -0.39 is 0 Å². The van der Waals surface area contributed by atoms with Crippen LogP contribution >= 0.6 is 24.0 Å². The minimum absolute atomic E-state index is 0. The predicted octanol–water partition coefficient (Wildman–Crippen LogP) is 4.04. The number of anilines is 1. The van der Waals surface area contributed by atoms with E-state index in [-0.39, 0.29) is 29.7 Å². The lowest BCUT2D eigenvalue weighted by molar-refractivity contribution is 0.468. The number of aromatic hydroxyl groups is 1. The number of aliphatic imine (C=N–C) groups is 1. The third-order valence-electron chi connectivity index (χ3n) is 4.86. The summed E-state index contributed by atoms with van der Waals surface area (Å²) in [5, 5.41) is 16.3. The topological polar surface area (TPSA) is 59.9 Å². The van der Waals surface area contributed by atoms with Crippen molar-refractivity contribution in [3.05, 3.63) is 59.7 Å². The van der Waals surface area contributed by atoms with Gasteiger partial charge in [-0.25, -0.2) is 4.99 Å². The summed E-state index contributed by atoms with van der Waals surface area (Å²) in [4.78, 5) is 7.16. The molecule has 1 saturated heterocycles. The summed E-state index contributed by atoms with van der Waals surface area (Å²) in [6.07, 6.45) is 2.31. The second-order valence-corrected chi connectivity index (χ2v) is 7.13. The molecule has 1 aliphatic rings. The smallest absolute Gasteiger partial charge is 0.191 e. The summed E-state index contributed by atoms with van der Waals surface area (Å²) in [5.74, 6) is 1.13. The van der Waals surface area contributed by atoms with Gasteiger partial charge in [-0.05, 0) is 56.5 Å². The van der Waals surface area contributed by atoms with Gasteiger partial charge in [0.2, 0.25) is 0 Å². The standard InChI is InChI=1S/C22H30N4O.HI/c1-3-23-22(24-15-18-8-12-21(27)13-9-18)25-19-5-4-14-26(16-19)20-10-6-17(2)7-11-20;/h6-13,19,27H,3-5,14-16H2,1-2H3,(H2,23,24,25);1H. The van der Waals surface area contributed by atoms with Crippen LogP contribution in [0.15, 0.2) is 53.5 Å². The number of rotatable bonds is 5. The first kappa shape index (κ1) is 22.3. The van der Waals surface area contributed by atoms with Crippen LogP contribution in [0.4, 0.5) is 5.69 Å². The maximum atomic E-state index is 9.40. The SMILES string of the molecule is CCNC(=NCc1ccc(O)cc1)NC1CCCN(c2ccc(C)cc2)C1.I. The molecule has 0 spiro atoms. The van der Waals surface area contributed by atoms with Crippen LogP contribution in [-0.4, -0.2) is 36.7 Å². The number of piperidine rings is 1. The van der Waals surface area contributed by atoms with Crippen molar-refractivity contribution in [2.24, 2.45) is 4.99 Å². The zero-order valence-electron chi connectivity index (χ0n) is 16.7. The number of nitrogens with zero attached hydrogens (tertiary/aromatic N) is 2. The van der Waals surface area contributed by atoms with E-state index in [2.05, 4.69) is 53.6 Å². The molecule has 1 unspecified atom stereocenters. The monoisotopic (exact) mass is 494 g/mol. The second kappa shape index (κ2) is 11.1. The highest BCUT2D eigenvalue weighted by molar-refractivity contribution is 14.0. The average molecular weight is 494 g/mol. The molecule has 0 saturated carbocycles. The van der Waals surface area contributed by atoms with Crippen LogP contribution in [0.3, 0.4) is 0 Å². The minimum Gasteiger partial charge on any atom is -0.508 e. The number of hydrogen-bond donors (Lipinski definition) is 3. The molecule has 0 bridgehead atoms. The Kier molecular flexibility index (Phi) is 8.89. The third-order valence-corrected chi connectivity index (χ3v) is 4.86. The quantitative estimate of drug-likeness (QED) is 0.334. The molecular weight excluding hydrogens is 463 g/mol. The van der Waals surface area contributed by atoms with Gasteiger partial charge in [-0.15, -0.1) is 24.0 Å². The Morgan fingerprint density at radius 2 is 1.86 bits per heavy atom. The van der Waals surface area contributed by atoms with Crippen molar-refractivity contribution < 1.29 is 5.11 Å². The van der Waals surface area contributed by atoms with Crippen LogP contribution < -0.4 is 15.5 Å². The summed E-state index contributed by atoms with van der Waals surface area (Å²) < 4.78 is 0. The van der Waals surface area contributed by atoms with Gasteiger partial charge in [-0.3, -0.25) is 0 Å². The Hall–Kier alpha value is -1.96. The Labute approximate surface area is 185 Å². The van der Waals surface area contributed by atoms with Gasteiger partial charge in [0.25, 0.3) is 0 Å². The lowest BCUT2D eigenvalue weighted by atomic mass is 10.0. The number of halogens is 1. The molecule has 1 atom stereocenters. The molecule has 5 nitrogen and oxygen atoms in total. The fourth-order valence-electron chi connectivity index (χ4n) is 3.37. The van der Waals surface area contributed by atoms with Crippen molar-refractivity contribution in [1.29, 1.82) is 0 Å². The van der Waals surface area contributed by atoms with E-state index in [0.29, 0.717) is 12.6 Å². The Morgan fingerprint density at radius 1 is 1.14 bits per heavy atom. The van der Waals surface area contributed by atoms with Crippen molar-refractivity contribution in [2.75, 3.05) is 24.5 Å². The highest BCUT2D eigenvalue weighted by atomic mass is 127. The number of phenolic OH excluding ortho intramolecular Hbond substituents is 1. The van der Waals surface area contributed by atoms with Crippen LogP contribution in [0.25, 0.3) is 0 Å². The van der Waals surface area contributed by atoms with Gasteiger partial charge < -0.3 is 20.6 Å². The number of benzene rings is 2. The lowest BCUT2D eigenvalue weighted by Gasteiger charge is -2.35. The number of hydrogen-bond acceptors (Lipinski definition) is 3. The second-order valence-electron chi connectivity index (χ2n) is 7.13. The molecule has 2 aromatic carbocycles. The first-order valence-corrected chi connectivity index (χ1v) is 9.78. The van der Waals surface area contributed by atoms with Gasteiger partial charge in [-0.2, -0.15) is 0 Å². The summed E-state index contributed by atoms with van der Waals surface area (Å²) in [6.45, 7) is 7.70. The maximum Gasteiger partial charge on any atom is 0.191 e. The molecule has 0 radical (unpaired) electrons. The van der Waals surface area contributed by atoms with Crippen molar-refractivity contribution in [1.82, 2.24) is 10.6 Å². The Balaban J connectivity index is 0.00000280. The Morgan fingerprint density at radius 3 is 2.54 bits per heavy atom. The van der Waals surface area contributed by atoms with Gasteiger partial charge in [0.05, 0.1) is 6.54 Å². The summed E-state index contributed by atoms with van der Waals surface area (Å²) in [7, 11) is 0. The molecule has 3 N–H and O–H groups in total. The molecule has 2 aromatic rings. The first-order chi connectivity index (χ1) is 13.1. The van der Waals surface area contributed by atoms with E-state index in [0.717, 1.165) is 37.6 Å². The van der Waals surface area contributed by atoms with E-state index in [4.69, 9.17) is 4.99 Å². The van der Waals surface area contributed by atoms with Gasteiger partial charge in [0, 0.05) is 31.4 Å². The van der Waals surface area contributed by atoms with Crippen LogP contribution in [0, 0.1) is 6.92 Å². The van der Waals surface area contributed by atoms with E-state index in [1.54, 1.807) is 12.1 Å². The van der Waals surface area contributed by atoms with Gasteiger partial charge in [-0.1, -0.05) is 29.8 Å². The first-order valence-electron chi connectivity index (χ1n) is 9.78. The van der Waals surface area contributed by atoms with Crippen LogP contribution in [-0.2, 0) is 6.54 Å². The number of nitrogens with one attached hydrogen (secondary N) is 2. The number of aryl methyl sites for hydroxylation is 1. The molecule has 0 aliphatic carbocycles. The van der Waals surface area contributed by atoms with E-state index >= 15 is 0 Å². The number of phenols is 1. The maximum absolute atomic E-state index is 9.40. The van der Waals surface area contributed by atoms with Gasteiger partial charge in [0.1, 0.15) is 5.75 Å². The van der Waals surface area contributed by atoms with E-state index in [9.17, 15) is 5.11 Å². The van der Waals surface area contributed by atoms with Crippen molar-refractivity contribution in [2.45, 2.75) is 39.3 Å². The molecule has 1 heterocycles. The molecule has 28 heavy (non-hydrogen) atoms. The predicted molar refractivity (Wildman–Crippen MR) is 128 cm³/mol. The third kappa shape index (κ3) is 6.58. The van der Waals surface area contributed by atoms with Crippen molar-refractivity contribution in [3.8, 4) is 5.75 Å². The zero-order valence-corrected chi connectivity index (χ0v) is 19.0. The molecule has 0 amide bonds. The fraction of sp³-hybridized carbons (Fsp3) is 0.409. The average Bonchev–Trinajstić information content (AvgIpc) is 2.68. The van der Waals surface area contributed by atoms with Crippen LogP contribution in [0.1, 0.15) is 30.9 Å². The minimum atomic E-state index is 0. The largest absolute Gasteiger partial charge is 0.508 e. The summed E-state index contributed by atoms with van der Waals surface area (Å²) in [5.41, 5.74) is 3.66. The molecule has 1 fully saturated rings. The van der Waals surface area contributed by atoms with Crippen molar-refractivity contribution in [3.63, 3.8) is 0 Å². The fourth-order valence-corrected chi connectivity index (χ4v) is 3.37. The highest BCUT2D eigenvalue weighted by Gasteiger charge is 2.21. The molecule has 3 rings (SSSR count). The lowest BCUT2D eigenvalue weighted by Crippen LogP contribution is -2.51. The van der Waals surface area contributed by atoms with E-state index in [1.807, 2.05) is 12.1 Å².